The van der Waals surface area contributed by atoms with Crippen LogP contribution in [0.5, 0.6) is 0 Å². The van der Waals surface area contributed by atoms with Gasteiger partial charge >= 0.3 is 6.03 Å². The van der Waals surface area contributed by atoms with Gasteiger partial charge in [0.2, 0.25) is 5.91 Å². The lowest BCUT2D eigenvalue weighted by Crippen LogP contribution is -2.45. The van der Waals surface area contributed by atoms with Crippen molar-refractivity contribution in [3.05, 3.63) is 29.8 Å². The molecule has 0 saturated heterocycles. The summed E-state index contributed by atoms with van der Waals surface area (Å²) in [6.07, 6.45) is 0.925. The number of nitrogens with two attached hydrogens (primary N) is 1. The quantitative estimate of drug-likeness (QED) is 0.757. The molecular formula is C14H20N4O2. The molecule has 3 amide bonds. The second-order valence-corrected chi connectivity index (χ2v) is 4.79. The normalized spacial score (nSPS) is 17.4. The summed E-state index contributed by atoms with van der Waals surface area (Å²) in [4.78, 5) is 24.3. The van der Waals surface area contributed by atoms with Crippen molar-refractivity contribution in [2.24, 2.45) is 5.73 Å². The summed E-state index contributed by atoms with van der Waals surface area (Å²) in [5, 5.41) is 5.55. The number of carbonyl (C=O) groups is 2. The Balaban J connectivity index is 2.14. The first-order valence-corrected chi connectivity index (χ1v) is 6.78. The molecule has 0 fully saturated rings. The van der Waals surface area contributed by atoms with Gasteiger partial charge in [-0.3, -0.25) is 10.1 Å². The summed E-state index contributed by atoms with van der Waals surface area (Å²) in [6.45, 7) is 3.89. The number of nitrogens with one attached hydrogen (secondary N) is 2. The van der Waals surface area contributed by atoms with E-state index in [0.717, 1.165) is 25.2 Å². The van der Waals surface area contributed by atoms with Gasteiger partial charge in [-0.05, 0) is 24.6 Å². The lowest BCUT2D eigenvalue weighted by atomic mass is 9.96. The van der Waals surface area contributed by atoms with Gasteiger partial charge in [-0.25, -0.2) is 4.79 Å². The highest BCUT2D eigenvalue weighted by atomic mass is 16.2. The number of hydrogen-bond acceptors (Lipinski definition) is 4. The zero-order valence-corrected chi connectivity index (χ0v) is 11.6. The number of nitrogens with zero attached hydrogens (tertiary/aromatic N) is 1. The first-order valence-electron chi connectivity index (χ1n) is 6.78. The zero-order valence-electron chi connectivity index (χ0n) is 11.6. The number of benzene rings is 1. The molecule has 1 aliphatic heterocycles. The van der Waals surface area contributed by atoms with Crippen LogP contribution in [0.2, 0.25) is 0 Å². The van der Waals surface area contributed by atoms with Crippen molar-refractivity contribution < 1.29 is 9.59 Å². The maximum atomic E-state index is 11.7. The molecule has 0 bridgehead atoms. The number of fused-ring (bicyclic) bond motifs is 1. The van der Waals surface area contributed by atoms with Crippen molar-refractivity contribution in [2.75, 3.05) is 24.5 Å². The zero-order chi connectivity index (χ0) is 14.5. The van der Waals surface area contributed by atoms with Crippen molar-refractivity contribution >= 4 is 17.6 Å². The Kier molecular flexibility index (Phi) is 4.57. The van der Waals surface area contributed by atoms with Gasteiger partial charge in [-0.15, -0.1) is 0 Å². The van der Waals surface area contributed by atoms with E-state index in [0.29, 0.717) is 6.04 Å². The molecule has 0 saturated carbocycles. The number of hydrogen-bond donors (Lipinski definition) is 3. The maximum absolute atomic E-state index is 11.7. The minimum atomic E-state index is -0.814. The van der Waals surface area contributed by atoms with Crippen LogP contribution in [0.4, 0.5) is 10.5 Å². The Morgan fingerprint density at radius 2 is 2.15 bits per heavy atom. The van der Waals surface area contributed by atoms with E-state index in [-0.39, 0.29) is 12.5 Å². The molecule has 20 heavy (non-hydrogen) atoms. The molecule has 1 aromatic carbocycles. The van der Waals surface area contributed by atoms with Gasteiger partial charge in [0.1, 0.15) is 0 Å². The third-order valence-corrected chi connectivity index (χ3v) is 3.39. The van der Waals surface area contributed by atoms with Gasteiger partial charge in [-0.1, -0.05) is 25.1 Å². The smallest absolute Gasteiger partial charge is 0.318 e. The fourth-order valence-corrected chi connectivity index (χ4v) is 2.60. The molecule has 1 aliphatic rings. The number of para-hydroxylation sites is 1. The fourth-order valence-electron chi connectivity index (χ4n) is 2.60. The van der Waals surface area contributed by atoms with Gasteiger partial charge in [0.05, 0.1) is 6.54 Å². The molecule has 2 rings (SSSR count). The number of urea groups is 1. The molecule has 0 aromatic heterocycles. The third kappa shape index (κ3) is 3.27. The average molecular weight is 276 g/mol. The molecule has 4 N–H and O–H groups in total. The molecular weight excluding hydrogens is 256 g/mol. The molecule has 0 aliphatic carbocycles. The minimum Gasteiger partial charge on any atom is -0.362 e. The Hall–Kier alpha value is -2.08. The lowest BCUT2D eigenvalue weighted by Gasteiger charge is -2.35. The number of primary amides is 1. The average Bonchev–Trinajstić information content (AvgIpc) is 2.41. The monoisotopic (exact) mass is 276 g/mol. The van der Waals surface area contributed by atoms with Crippen molar-refractivity contribution in [1.82, 2.24) is 10.6 Å². The molecule has 1 heterocycles. The van der Waals surface area contributed by atoms with Gasteiger partial charge in [0, 0.05) is 18.3 Å². The maximum Gasteiger partial charge on any atom is 0.318 e. The van der Waals surface area contributed by atoms with E-state index in [9.17, 15) is 9.59 Å². The van der Waals surface area contributed by atoms with Crippen molar-refractivity contribution in [1.29, 1.82) is 0 Å². The minimum absolute atomic E-state index is 0.138. The van der Waals surface area contributed by atoms with E-state index < -0.39 is 6.03 Å². The highest BCUT2D eigenvalue weighted by Gasteiger charge is 2.25. The van der Waals surface area contributed by atoms with Crippen LogP contribution >= 0.6 is 0 Å². The topological polar surface area (TPSA) is 87.5 Å². The van der Waals surface area contributed by atoms with E-state index >= 15 is 0 Å². The molecule has 1 atom stereocenters. The molecule has 108 valence electrons. The van der Waals surface area contributed by atoms with Crippen LogP contribution in [0, 0.1) is 0 Å². The van der Waals surface area contributed by atoms with Crippen molar-refractivity contribution in [3.63, 3.8) is 0 Å². The van der Waals surface area contributed by atoms with E-state index in [1.807, 2.05) is 23.1 Å². The second-order valence-electron chi connectivity index (χ2n) is 4.79. The molecule has 0 spiro atoms. The highest BCUT2D eigenvalue weighted by Crippen LogP contribution is 2.33. The van der Waals surface area contributed by atoms with E-state index in [1.165, 1.54) is 5.56 Å². The standard InChI is InChI=1S/C14H20N4O2/c1-2-16-11-7-8-18(9-13(19)17-14(15)20)12-6-4-3-5-10(11)12/h3-6,11,16H,2,7-9H2,1H3,(H3,15,17,19,20). The Labute approximate surface area is 118 Å². The third-order valence-electron chi connectivity index (χ3n) is 3.39. The molecule has 1 aromatic rings. The van der Waals surface area contributed by atoms with Gasteiger partial charge < -0.3 is 16.0 Å². The predicted molar refractivity (Wildman–Crippen MR) is 77.4 cm³/mol. The Morgan fingerprint density at radius 3 is 2.85 bits per heavy atom. The summed E-state index contributed by atoms with van der Waals surface area (Å²) in [6, 6.07) is 7.51. The first-order chi connectivity index (χ1) is 9.61. The van der Waals surface area contributed by atoms with Crippen molar-refractivity contribution in [2.45, 2.75) is 19.4 Å². The van der Waals surface area contributed by atoms with Gasteiger partial charge in [0.25, 0.3) is 0 Å². The number of carbonyl (C=O) groups excluding carboxylic acids is 2. The van der Waals surface area contributed by atoms with Crippen LogP contribution in [0.3, 0.4) is 0 Å². The molecule has 1 unspecified atom stereocenters. The SMILES string of the molecule is CCNC1CCN(CC(=O)NC(N)=O)c2ccccc21. The van der Waals surface area contributed by atoms with E-state index in [4.69, 9.17) is 5.73 Å². The van der Waals surface area contributed by atoms with Crippen LogP contribution in [0.15, 0.2) is 24.3 Å². The number of imide groups is 1. The van der Waals surface area contributed by atoms with Crippen LogP contribution in [0.25, 0.3) is 0 Å². The summed E-state index contributed by atoms with van der Waals surface area (Å²) < 4.78 is 0. The predicted octanol–water partition coefficient (Wildman–Crippen LogP) is 0.742. The summed E-state index contributed by atoms with van der Waals surface area (Å²) >= 11 is 0. The Bertz CT molecular complexity index is 504. The highest BCUT2D eigenvalue weighted by molar-refractivity contribution is 5.95. The fraction of sp³-hybridized carbons (Fsp3) is 0.429. The largest absolute Gasteiger partial charge is 0.362 e. The summed E-state index contributed by atoms with van der Waals surface area (Å²) in [5.74, 6) is -0.380. The second kappa shape index (κ2) is 6.38. The van der Waals surface area contributed by atoms with Crippen LogP contribution in [-0.4, -0.2) is 31.6 Å². The van der Waals surface area contributed by atoms with Crippen molar-refractivity contribution in [3.8, 4) is 0 Å². The van der Waals surface area contributed by atoms with E-state index in [2.05, 4.69) is 23.6 Å². The van der Waals surface area contributed by atoms with Gasteiger partial charge in [0.15, 0.2) is 0 Å². The molecule has 6 nitrogen and oxygen atoms in total. The number of rotatable bonds is 4. The first kappa shape index (κ1) is 14.3. The molecule has 0 radical (unpaired) electrons. The van der Waals surface area contributed by atoms with Crippen LogP contribution in [0.1, 0.15) is 24.9 Å². The van der Waals surface area contributed by atoms with E-state index in [1.54, 1.807) is 0 Å². The van der Waals surface area contributed by atoms with Gasteiger partial charge in [-0.2, -0.15) is 0 Å². The number of amides is 3. The van der Waals surface area contributed by atoms with Crippen LogP contribution < -0.4 is 21.3 Å². The number of anilines is 1. The summed E-state index contributed by atoms with van der Waals surface area (Å²) in [5.41, 5.74) is 7.17. The van der Waals surface area contributed by atoms with Crippen LogP contribution in [-0.2, 0) is 4.79 Å². The summed E-state index contributed by atoms with van der Waals surface area (Å²) in [7, 11) is 0. The lowest BCUT2D eigenvalue weighted by molar-refractivity contribution is -0.118. The Morgan fingerprint density at radius 1 is 1.40 bits per heavy atom. The molecule has 6 heteroatoms.